The second kappa shape index (κ2) is 4.89. The maximum absolute atomic E-state index is 11.8. The fourth-order valence-corrected chi connectivity index (χ4v) is 1.75. The van der Waals surface area contributed by atoms with Crippen molar-refractivity contribution in [2.75, 3.05) is 12.3 Å². The molecule has 1 aliphatic rings. The summed E-state index contributed by atoms with van der Waals surface area (Å²) in [5, 5.41) is 12.3. The summed E-state index contributed by atoms with van der Waals surface area (Å²) in [4.78, 5) is 15.6. The smallest absolute Gasteiger partial charge is 0.254 e. The molecule has 1 aromatic rings. The predicted octanol–water partition coefficient (Wildman–Crippen LogP) is 0.818. The Morgan fingerprint density at radius 2 is 2.41 bits per heavy atom. The van der Waals surface area contributed by atoms with Crippen LogP contribution in [-0.4, -0.2) is 28.6 Å². The summed E-state index contributed by atoms with van der Waals surface area (Å²) in [5.41, 5.74) is 6.14. The monoisotopic (exact) mass is 255 g/mol. The maximum Gasteiger partial charge on any atom is 0.254 e. The van der Waals surface area contributed by atoms with Gasteiger partial charge in [-0.2, -0.15) is 0 Å². The van der Waals surface area contributed by atoms with E-state index < -0.39 is 6.10 Å². The summed E-state index contributed by atoms with van der Waals surface area (Å²) in [5.74, 6) is -0.0424. The number of nitrogens with zero attached hydrogens (tertiary/aromatic N) is 1. The van der Waals surface area contributed by atoms with Crippen molar-refractivity contribution >= 4 is 23.2 Å². The van der Waals surface area contributed by atoms with E-state index in [-0.39, 0.29) is 23.2 Å². The number of nitrogen functional groups attached to an aromatic ring is 1. The highest BCUT2D eigenvalue weighted by Gasteiger charge is 2.29. The molecule has 1 aromatic heterocycles. The zero-order valence-electron chi connectivity index (χ0n) is 9.19. The van der Waals surface area contributed by atoms with Crippen LogP contribution < -0.4 is 11.1 Å². The highest BCUT2D eigenvalue weighted by Crippen LogP contribution is 2.32. The van der Waals surface area contributed by atoms with E-state index in [1.54, 1.807) is 0 Å². The molecule has 2 rings (SSSR count). The number of aromatic nitrogens is 1. The van der Waals surface area contributed by atoms with Gasteiger partial charge >= 0.3 is 0 Å². The largest absolute Gasteiger partial charge is 0.397 e. The van der Waals surface area contributed by atoms with Crippen LogP contribution in [0.25, 0.3) is 0 Å². The third-order valence-corrected chi connectivity index (χ3v) is 3.04. The number of hydrogen-bond donors (Lipinski definition) is 3. The number of nitrogens with one attached hydrogen (secondary N) is 1. The minimum absolute atomic E-state index is 0.109. The van der Waals surface area contributed by atoms with Crippen molar-refractivity contribution in [3.05, 3.63) is 23.0 Å². The molecule has 17 heavy (non-hydrogen) atoms. The third kappa shape index (κ3) is 3.08. The Bertz CT molecular complexity index is 435. The fourth-order valence-electron chi connectivity index (χ4n) is 1.56. The Kier molecular flexibility index (Phi) is 3.49. The Morgan fingerprint density at radius 3 is 3.06 bits per heavy atom. The van der Waals surface area contributed by atoms with Gasteiger partial charge in [0.15, 0.2) is 0 Å². The SMILES string of the molecule is Nc1cnc(Cl)c(C(=O)NCC(O)C2CC2)c1. The number of carbonyl (C=O) groups is 1. The average molecular weight is 256 g/mol. The quantitative estimate of drug-likeness (QED) is 0.695. The van der Waals surface area contributed by atoms with Crippen LogP contribution in [-0.2, 0) is 0 Å². The number of hydrogen-bond acceptors (Lipinski definition) is 4. The van der Waals surface area contributed by atoms with Crippen molar-refractivity contribution in [2.45, 2.75) is 18.9 Å². The predicted molar refractivity (Wildman–Crippen MR) is 64.7 cm³/mol. The Hall–Kier alpha value is -1.33. The minimum atomic E-state index is -0.480. The molecule has 0 radical (unpaired) electrons. The van der Waals surface area contributed by atoms with Crippen LogP contribution in [0, 0.1) is 5.92 Å². The molecule has 0 spiro atoms. The second-order valence-corrected chi connectivity index (χ2v) is 4.58. The lowest BCUT2D eigenvalue weighted by molar-refractivity contribution is 0.0901. The molecule has 1 amide bonds. The molecule has 0 aromatic carbocycles. The fraction of sp³-hybridized carbons (Fsp3) is 0.455. The molecule has 1 fully saturated rings. The molecule has 92 valence electrons. The second-order valence-electron chi connectivity index (χ2n) is 4.22. The zero-order valence-corrected chi connectivity index (χ0v) is 9.94. The molecule has 1 atom stereocenters. The van der Waals surface area contributed by atoms with E-state index in [1.807, 2.05) is 0 Å². The first-order valence-corrected chi connectivity index (χ1v) is 5.83. The lowest BCUT2D eigenvalue weighted by Gasteiger charge is -2.11. The third-order valence-electron chi connectivity index (χ3n) is 2.74. The van der Waals surface area contributed by atoms with Gasteiger partial charge in [-0.3, -0.25) is 4.79 Å². The molecule has 6 heteroatoms. The van der Waals surface area contributed by atoms with Gasteiger partial charge in [0.05, 0.1) is 23.6 Å². The standard InChI is InChI=1S/C11H14ClN3O2/c12-10-8(3-7(13)4-14-10)11(17)15-5-9(16)6-1-2-6/h3-4,6,9,16H,1-2,5,13H2,(H,15,17). The summed E-state index contributed by atoms with van der Waals surface area (Å²) in [6, 6.07) is 1.47. The summed E-state index contributed by atoms with van der Waals surface area (Å²) in [6.07, 6.45) is 2.96. The van der Waals surface area contributed by atoms with Crippen LogP contribution in [0.4, 0.5) is 5.69 Å². The van der Waals surface area contributed by atoms with Gasteiger partial charge in [0, 0.05) is 6.54 Å². The number of halogens is 1. The van der Waals surface area contributed by atoms with E-state index in [2.05, 4.69) is 10.3 Å². The van der Waals surface area contributed by atoms with Crippen LogP contribution in [0.1, 0.15) is 23.2 Å². The van der Waals surface area contributed by atoms with Gasteiger partial charge in [-0.15, -0.1) is 0 Å². The number of nitrogens with two attached hydrogens (primary N) is 1. The van der Waals surface area contributed by atoms with E-state index >= 15 is 0 Å². The molecule has 1 heterocycles. The van der Waals surface area contributed by atoms with Crippen molar-refractivity contribution in [1.82, 2.24) is 10.3 Å². The first kappa shape index (κ1) is 12.1. The van der Waals surface area contributed by atoms with E-state index in [1.165, 1.54) is 12.3 Å². The van der Waals surface area contributed by atoms with Crippen LogP contribution in [0.15, 0.2) is 12.3 Å². The summed E-state index contributed by atoms with van der Waals surface area (Å²) < 4.78 is 0. The van der Waals surface area contributed by atoms with Gasteiger partial charge in [-0.1, -0.05) is 11.6 Å². The topological polar surface area (TPSA) is 88.2 Å². The lowest BCUT2D eigenvalue weighted by Crippen LogP contribution is -2.33. The number of rotatable bonds is 4. The number of amides is 1. The van der Waals surface area contributed by atoms with E-state index in [0.717, 1.165) is 12.8 Å². The summed E-state index contributed by atoms with van der Waals surface area (Å²) >= 11 is 5.79. The van der Waals surface area contributed by atoms with Crippen molar-refractivity contribution in [1.29, 1.82) is 0 Å². The van der Waals surface area contributed by atoms with Crippen LogP contribution in [0.2, 0.25) is 5.15 Å². The Balaban J connectivity index is 1.96. The molecule has 4 N–H and O–H groups in total. The number of aliphatic hydroxyl groups excluding tert-OH is 1. The van der Waals surface area contributed by atoms with Crippen LogP contribution >= 0.6 is 11.6 Å². The normalized spacial score (nSPS) is 16.6. The minimum Gasteiger partial charge on any atom is -0.397 e. The van der Waals surface area contributed by atoms with Gasteiger partial charge in [0.1, 0.15) is 5.15 Å². The van der Waals surface area contributed by atoms with Gasteiger partial charge in [0.2, 0.25) is 0 Å². The molecule has 0 bridgehead atoms. The number of anilines is 1. The molecular formula is C11H14ClN3O2. The van der Waals surface area contributed by atoms with E-state index in [0.29, 0.717) is 11.6 Å². The number of carbonyl (C=O) groups excluding carboxylic acids is 1. The summed E-state index contributed by atoms with van der Waals surface area (Å²) in [7, 11) is 0. The zero-order chi connectivity index (χ0) is 12.4. The van der Waals surface area contributed by atoms with Crippen LogP contribution in [0.5, 0.6) is 0 Å². The molecule has 0 saturated heterocycles. The molecular weight excluding hydrogens is 242 g/mol. The van der Waals surface area contributed by atoms with Gasteiger partial charge in [0.25, 0.3) is 5.91 Å². The number of pyridine rings is 1. The number of aliphatic hydroxyl groups is 1. The van der Waals surface area contributed by atoms with E-state index in [9.17, 15) is 9.90 Å². The molecule has 1 unspecified atom stereocenters. The highest BCUT2D eigenvalue weighted by molar-refractivity contribution is 6.32. The van der Waals surface area contributed by atoms with Crippen molar-refractivity contribution in [2.24, 2.45) is 5.92 Å². The van der Waals surface area contributed by atoms with E-state index in [4.69, 9.17) is 17.3 Å². The molecule has 5 nitrogen and oxygen atoms in total. The molecule has 1 aliphatic carbocycles. The van der Waals surface area contributed by atoms with Crippen molar-refractivity contribution in [3.63, 3.8) is 0 Å². The maximum atomic E-state index is 11.8. The first-order valence-electron chi connectivity index (χ1n) is 5.45. The van der Waals surface area contributed by atoms with Gasteiger partial charge in [-0.25, -0.2) is 4.98 Å². The Labute approximate surface area is 104 Å². The highest BCUT2D eigenvalue weighted by atomic mass is 35.5. The lowest BCUT2D eigenvalue weighted by atomic mass is 10.2. The summed E-state index contributed by atoms with van der Waals surface area (Å²) in [6.45, 7) is 0.231. The Morgan fingerprint density at radius 1 is 1.71 bits per heavy atom. The van der Waals surface area contributed by atoms with Crippen molar-refractivity contribution in [3.8, 4) is 0 Å². The van der Waals surface area contributed by atoms with Gasteiger partial charge in [-0.05, 0) is 24.8 Å². The average Bonchev–Trinajstić information content (AvgIpc) is 3.12. The molecule has 0 aliphatic heterocycles. The van der Waals surface area contributed by atoms with Crippen LogP contribution in [0.3, 0.4) is 0 Å². The first-order chi connectivity index (χ1) is 8.08. The van der Waals surface area contributed by atoms with Crippen molar-refractivity contribution < 1.29 is 9.90 Å². The van der Waals surface area contributed by atoms with Gasteiger partial charge < -0.3 is 16.2 Å². The molecule has 1 saturated carbocycles.